The van der Waals surface area contributed by atoms with Crippen LogP contribution in [0.5, 0.6) is 11.5 Å². The number of carbonyl (C=O) groups is 3. The fraction of sp³-hybridized carbons (Fsp3) is 0.441. The minimum atomic E-state index is -4.95. The van der Waals surface area contributed by atoms with Crippen LogP contribution < -0.4 is 19.3 Å². The molecule has 6 heterocycles. The van der Waals surface area contributed by atoms with Gasteiger partial charge in [0.05, 0.1) is 44.6 Å². The Morgan fingerprint density at radius 1 is 0.537 bits per heavy atom. The third-order valence-electron chi connectivity index (χ3n) is 16.1. The summed E-state index contributed by atoms with van der Waals surface area (Å²) < 4.78 is 88.0. The van der Waals surface area contributed by atoms with Gasteiger partial charge in [-0.2, -0.15) is 0 Å². The number of amides is 2. The molecule has 4 aliphatic heterocycles. The number of aryl methyl sites for hydroxylation is 2. The number of ketones is 1. The number of likely N-dealkylation sites (tertiary alicyclic amines) is 2. The Labute approximate surface area is 490 Å². The number of carbonyl (C=O) groups excluding carboxylic acids is 3. The van der Waals surface area contributed by atoms with Gasteiger partial charge in [-0.1, -0.05) is 59.6 Å². The third-order valence-corrected chi connectivity index (χ3v) is 18.9. The Kier molecular flexibility index (Phi) is 18.4. The molecular formula is C59H62Cl2F6N8O5S2. The summed E-state index contributed by atoms with van der Waals surface area (Å²) in [4.78, 5) is 68.1. The van der Waals surface area contributed by atoms with Crippen molar-refractivity contribution in [3.63, 3.8) is 0 Å². The van der Waals surface area contributed by atoms with E-state index >= 15 is 4.79 Å². The number of anilines is 2. The molecule has 0 spiro atoms. The number of benzene rings is 4. The van der Waals surface area contributed by atoms with Crippen molar-refractivity contribution in [1.82, 2.24) is 29.6 Å². The van der Waals surface area contributed by atoms with Gasteiger partial charge in [0, 0.05) is 134 Å². The number of piperidine rings is 2. The van der Waals surface area contributed by atoms with Gasteiger partial charge >= 0.3 is 12.7 Å². The van der Waals surface area contributed by atoms with Crippen LogP contribution in [0.25, 0.3) is 0 Å². The van der Waals surface area contributed by atoms with E-state index in [-0.39, 0.29) is 28.7 Å². The second kappa shape index (κ2) is 25.5. The highest BCUT2D eigenvalue weighted by Gasteiger charge is 2.41. The normalized spacial score (nSPS) is 18.2. The molecule has 0 aliphatic carbocycles. The van der Waals surface area contributed by atoms with Crippen molar-refractivity contribution in [2.24, 2.45) is 0 Å². The Morgan fingerprint density at radius 3 is 1.26 bits per heavy atom. The second-order valence-electron chi connectivity index (χ2n) is 21.2. The minimum absolute atomic E-state index is 0.00810. The lowest BCUT2D eigenvalue weighted by Crippen LogP contribution is -2.60. The van der Waals surface area contributed by atoms with E-state index in [4.69, 9.17) is 33.2 Å². The number of aromatic nitrogens is 2. The number of halogens is 8. The average Bonchev–Trinajstić information content (AvgIpc) is 4.15. The number of ether oxygens (including phenoxy) is 2. The van der Waals surface area contributed by atoms with Crippen LogP contribution in [-0.2, 0) is 17.6 Å². The standard InChI is InChI=1S/C59H62Cl2F6N8O5S2/c1-37-47(68-54(81-37)39-17-21-74(22-18-39)56(77)45-13-3-5-15-51(45)79-58(62,63)64)35-49(72-29-25-70(26-30-72)43-11-7-9-41(60)33-43)53(76)50(73-31-27-71(28-32-73)44-12-8-10-42(61)34-44)36-48-38(2)82-55(69-48)40-19-23-75(24-20-40)57(78)46-14-4-6-16-52(46)80-59(65,66)67/h3-16,33-34,39-40,49-50H,17-32,35-36H2,1-2H3. The number of alkyl halides is 6. The molecule has 82 heavy (non-hydrogen) atoms. The van der Waals surface area contributed by atoms with Crippen molar-refractivity contribution in [3.8, 4) is 11.5 Å². The molecule has 0 N–H and O–H groups in total. The maximum atomic E-state index is 16.1. The highest BCUT2D eigenvalue weighted by atomic mass is 35.5. The molecule has 23 heteroatoms. The molecule has 4 saturated heterocycles. The summed E-state index contributed by atoms with van der Waals surface area (Å²) in [6.45, 7) is 10.3. The molecule has 0 bridgehead atoms. The number of hydrogen-bond donors (Lipinski definition) is 0. The lowest BCUT2D eigenvalue weighted by Gasteiger charge is -2.43. The van der Waals surface area contributed by atoms with Crippen LogP contribution in [0.1, 0.15) is 89.4 Å². The first-order valence-corrected chi connectivity index (χ1v) is 29.9. The van der Waals surface area contributed by atoms with Crippen LogP contribution in [0.15, 0.2) is 97.1 Å². The molecule has 4 fully saturated rings. The number of rotatable bonds is 16. The highest BCUT2D eigenvalue weighted by Crippen LogP contribution is 2.38. The lowest BCUT2D eigenvalue weighted by atomic mass is 9.92. The summed E-state index contributed by atoms with van der Waals surface area (Å²) in [5.74, 6) is -2.09. The highest BCUT2D eigenvalue weighted by molar-refractivity contribution is 7.12. The Morgan fingerprint density at radius 2 is 0.902 bits per heavy atom. The van der Waals surface area contributed by atoms with Crippen molar-refractivity contribution in [2.45, 2.75) is 89.0 Å². The first kappa shape index (κ1) is 59.2. The summed E-state index contributed by atoms with van der Waals surface area (Å²) in [6, 6.07) is 25.2. The topological polar surface area (TPSA) is 115 Å². The fourth-order valence-corrected chi connectivity index (χ4v) is 14.3. The molecule has 6 aromatic rings. The maximum absolute atomic E-state index is 16.1. The van der Waals surface area contributed by atoms with Crippen molar-refractivity contribution in [1.29, 1.82) is 0 Å². The molecule has 2 aromatic heterocycles. The quantitative estimate of drug-likeness (QED) is 0.0863. The van der Waals surface area contributed by atoms with E-state index in [0.29, 0.717) is 127 Å². The van der Waals surface area contributed by atoms with Gasteiger partial charge in [0.25, 0.3) is 11.8 Å². The number of para-hydroxylation sites is 2. The van der Waals surface area contributed by atoms with E-state index in [1.165, 1.54) is 36.4 Å². The Balaban J connectivity index is 0.895. The minimum Gasteiger partial charge on any atom is -0.405 e. The second-order valence-corrected chi connectivity index (χ2v) is 24.5. The predicted molar refractivity (Wildman–Crippen MR) is 306 cm³/mol. The summed E-state index contributed by atoms with van der Waals surface area (Å²) in [6.07, 6.45) is -6.97. The molecule has 2 atom stereocenters. The third kappa shape index (κ3) is 14.3. The first-order valence-electron chi connectivity index (χ1n) is 27.5. The zero-order valence-corrected chi connectivity index (χ0v) is 48.4. The molecule has 436 valence electrons. The van der Waals surface area contributed by atoms with Gasteiger partial charge in [0.15, 0.2) is 5.78 Å². The number of piperazine rings is 2. The fourth-order valence-electron chi connectivity index (χ4n) is 11.7. The van der Waals surface area contributed by atoms with E-state index < -0.39 is 48.1 Å². The lowest BCUT2D eigenvalue weighted by molar-refractivity contribution is -0.275. The SMILES string of the molecule is Cc1sc(C2CCN(C(=O)c3ccccc3OC(F)(F)F)CC2)nc1CC(C(=O)C(Cc1nc(C2CCN(C(=O)c3ccccc3OC(F)(F)F)CC2)sc1C)N1CCN(c2cccc(Cl)c2)CC1)N1CCN(c2cccc(Cl)c2)CC1. The van der Waals surface area contributed by atoms with Gasteiger partial charge in [0.1, 0.15) is 11.5 Å². The van der Waals surface area contributed by atoms with Crippen molar-refractivity contribution >= 4 is 74.8 Å². The van der Waals surface area contributed by atoms with Gasteiger partial charge in [-0.15, -0.1) is 49.0 Å². The van der Waals surface area contributed by atoms with Gasteiger partial charge in [-0.25, -0.2) is 9.97 Å². The molecule has 13 nitrogen and oxygen atoms in total. The molecule has 0 saturated carbocycles. The smallest absolute Gasteiger partial charge is 0.405 e. The van der Waals surface area contributed by atoms with E-state index in [1.807, 2.05) is 62.4 Å². The molecule has 4 aliphatic rings. The number of Topliss-reactive ketones (excluding diaryl/α,β-unsaturated/α-hetero) is 1. The van der Waals surface area contributed by atoms with Crippen LogP contribution >= 0.6 is 45.9 Å². The van der Waals surface area contributed by atoms with Crippen molar-refractivity contribution < 1.29 is 50.2 Å². The van der Waals surface area contributed by atoms with Crippen molar-refractivity contribution in [2.75, 3.05) is 88.3 Å². The van der Waals surface area contributed by atoms with Gasteiger partial charge in [-0.3, -0.25) is 24.2 Å². The predicted octanol–water partition coefficient (Wildman–Crippen LogP) is 12.1. The van der Waals surface area contributed by atoms with Gasteiger partial charge in [-0.05, 0) is 100 Å². The molecule has 2 unspecified atom stereocenters. The molecule has 0 radical (unpaired) electrons. The van der Waals surface area contributed by atoms with Crippen LogP contribution in [0.3, 0.4) is 0 Å². The van der Waals surface area contributed by atoms with Crippen LogP contribution in [0, 0.1) is 13.8 Å². The van der Waals surface area contributed by atoms with Gasteiger partial charge in [0.2, 0.25) is 0 Å². The van der Waals surface area contributed by atoms with Crippen LogP contribution in [0.2, 0.25) is 10.0 Å². The first-order chi connectivity index (χ1) is 39.2. The Hall–Kier alpha value is -5.97. The monoisotopic (exact) mass is 1210 g/mol. The van der Waals surface area contributed by atoms with Crippen molar-refractivity contribution in [3.05, 3.63) is 149 Å². The van der Waals surface area contributed by atoms with E-state index in [9.17, 15) is 35.9 Å². The number of nitrogens with zero attached hydrogens (tertiary/aromatic N) is 8. The van der Waals surface area contributed by atoms with Gasteiger partial charge < -0.3 is 29.1 Å². The zero-order valence-electron chi connectivity index (χ0n) is 45.2. The molecule has 4 aromatic carbocycles. The van der Waals surface area contributed by atoms with Crippen LogP contribution in [-0.4, -0.2) is 151 Å². The Bertz CT molecular complexity index is 3010. The maximum Gasteiger partial charge on any atom is 0.573 e. The molecule has 10 rings (SSSR count). The van der Waals surface area contributed by atoms with Crippen LogP contribution in [0.4, 0.5) is 37.7 Å². The largest absolute Gasteiger partial charge is 0.573 e. The number of hydrogen-bond acceptors (Lipinski definition) is 13. The van der Waals surface area contributed by atoms with E-state index in [1.54, 1.807) is 32.5 Å². The molecule has 2 amide bonds. The summed E-state index contributed by atoms with van der Waals surface area (Å²) in [5, 5.41) is 3.07. The van der Waals surface area contributed by atoms with E-state index in [0.717, 1.165) is 54.7 Å². The summed E-state index contributed by atoms with van der Waals surface area (Å²) in [5.41, 5.74) is 3.35. The zero-order chi connectivity index (χ0) is 57.9. The summed E-state index contributed by atoms with van der Waals surface area (Å²) >= 11 is 16.1. The van der Waals surface area contributed by atoms with E-state index in [2.05, 4.69) is 29.1 Å². The average molecular weight is 1210 g/mol. The summed E-state index contributed by atoms with van der Waals surface area (Å²) in [7, 11) is 0. The number of thiazole rings is 2. The molecular weight excluding hydrogens is 1150 g/mol.